The molecule has 3 aromatic carbocycles. The van der Waals surface area contributed by atoms with Crippen LogP contribution in [0.5, 0.6) is 23.0 Å². The van der Waals surface area contributed by atoms with Gasteiger partial charge in [0, 0.05) is 26.2 Å². The Morgan fingerprint density at radius 1 is 0.615 bits per heavy atom. The Bertz CT molecular complexity index is 2130. The van der Waals surface area contributed by atoms with Gasteiger partial charge in [0.25, 0.3) is 10.1 Å². The first-order valence-corrected chi connectivity index (χ1v) is 22.7. The summed E-state index contributed by atoms with van der Waals surface area (Å²) in [4.78, 5) is 50.4. The van der Waals surface area contributed by atoms with E-state index in [2.05, 4.69) is 4.74 Å². The topological polar surface area (TPSA) is 203 Å². The quantitative estimate of drug-likeness (QED) is 0.110. The van der Waals surface area contributed by atoms with Gasteiger partial charge in [-0.3, -0.25) is 4.18 Å². The second kappa shape index (κ2) is 24.5. The van der Waals surface area contributed by atoms with Crippen molar-refractivity contribution in [3.8, 4) is 23.0 Å². The standard InChI is InChI=1S/C20H29NO6.C18H27NO5S.C9H10O4/c1-20(2,3)27-19(23)21-10-8-14(9-11-21)13-26-16-7-6-15(18(22)25-5)12-17(16)24-4;1-14-5-7-16(8-6-14)25(21,22)23-13-15-9-11-19(12-10-15)17(20)24-18(2,3)4;1-12-8-5-6(9(11)13-2)3-4-7(8)10/h6-7,12,14H,8-11,13H2,1-5H3;5-8,15H,9-13H2,1-4H3;3-5,10H,1-2H3. The average Bonchev–Trinajstić information content (AvgIpc) is 3.27. The summed E-state index contributed by atoms with van der Waals surface area (Å²) in [6.07, 6.45) is 2.51. The number of hydrogen-bond donors (Lipinski definition) is 1. The second-order valence-corrected chi connectivity index (χ2v) is 19.0. The van der Waals surface area contributed by atoms with E-state index in [0.717, 1.165) is 18.4 Å². The van der Waals surface area contributed by atoms with E-state index in [1.165, 1.54) is 46.6 Å². The third kappa shape index (κ3) is 18.0. The molecule has 2 fully saturated rings. The predicted molar refractivity (Wildman–Crippen MR) is 241 cm³/mol. The van der Waals surface area contributed by atoms with Crippen LogP contribution in [0.2, 0.25) is 0 Å². The lowest BCUT2D eigenvalue weighted by Crippen LogP contribution is -2.42. The highest BCUT2D eigenvalue weighted by molar-refractivity contribution is 7.86. The molecule has 3 aromatic rings. The molecule has 0 unspecified atom stereocenters. The Kier molecular flexibility index (Phi) is 20.2. The molecular formula is C47H66N2O15S. The van der Waals surface area contributed by atoms with E-state index in [1.807, 2.05) is 48.5 Å². The van der Waals surface area contributed by atoms with Crippen molar-refractivity contribution < 1.29 is 70.0 Å². The fraction of sp³-hybridized carbons (Fsp3) is 0.532. The summed E-state index contributed by atoms with van der Waals surface area (Å²) in [5.41, 5.74) is 0.751. The molecule has 0 bridgehead atoms. The Morgan fingerprint density at radius 3 is 1.48 bits per heavy atom. The highest BCUT2D eigenvalue weighted by Crippen LogP contribution is 2.31. The minimum Gasteiger partial charge on any atom is -0.504 e. The van der Waals surface area contributed by atoms with E-state index in [9.17, 15) is 32.7 Å². The molecule has 5 rings (SSSR count). The molecule has 0 spiro atoms. The monoisotopic (exact) mass is 930 g/mol. The normalized spacial score (nSPS) is 14.6. The number of carbonyl (C=O) groups excluding carboxylic acids is 4. The maximum absolute atomic E-state index is 12.2. The molecule has 2 aliphatic rings. The molecule has 2 heterocycles. The number of hydrogen-bond acceptors (Lipinski definition) is 15. The lowest BCUT2D eigenvalue weighted by Gasteiger charge is -2.33. The zero-order valence-electron chi connectivity index (χ0n) is 39.5. The molecule has 1 N–H and O–H groups in total. The van der Waals surface area contributed by atoms with E-state index in [0.29, 0.717) is 74.2 Å². The van der Waals surface area contributed by atoms with Crippen LogP contribution in [-0.2, 0) is 33.2 Å². The van der Waals surface area contributed by atoms with Gasteiger partial charge in [-0.2, -0.15) is 8.42 Å². The summed E-state index contributed by atoms with van der Waals surface area (Å²) in [6.45, 7) is 16.1. The molecule has 0 saturated carbocycles. The van der Waals surface area contributed by atoms with Crippen molar-refractivity contribution in [1.29, 1.82) is 0 Å². The summed E-state index contributed by atoms with van der Waals surface area (Å²) in [6, 6.07) is 15.8. The number of amides is 2. The number of aromatic hydroxyl groups is 1. The molecule has 17 nitrogen and oxygen atoms in total. The van der Waals surface area contributed by atoms with Crippen molar-refractivity contribution >= 4 is 34.2 Å². The van der Waals surface area contributed by atoms with Crippen LogP contribution in [0.15, 0.2) is 65.6 Å². The van der Waals surface area contributed by atoms with Crippen molar-refractivity contribution in [2.75, 3.05) is 67.8 Å². The van der Waals surface area contributed by atoms with Gasteiger partial charge in [0.05, 0.1) is 57.7 Å². The smallest absolute Gasteiger partial charge is 0.410 e. The minimum absolute atomic E-state index is 0.00449. The fourth-order valence-electron chi connectivity index (χ4n) is 6.34. The first-order valence-electron chi connectivity index (χ1n) is 21.3. The van der Waals surface area contributed by atoms with Crippen LogP contribution in [0.25, 0.3) is 0 Å². The highest BCUT2D eigenvalue weighted by Gasteiger charge is 2.29. The maximum atomic E-state index is 12.2. The summed E-state index contributed by atoms with van der Waals surface area (Å²) in [7, 11) is 1.84. The number of nitrogens with zero attached hydrogens (tertiary/aromatic N) is 2. The third-order valence-corrected chi connectivity index (χ3v) is 11.3. The van der Waals surface area contributed by atoms with Crippen molar-refractivity contribution in [1.82, 2.24) is 9.80 Å². The molecule has 2 aliphatic heterocycles. The largest absolute Gasteiger partial charge is 0.504 e. The van der Waals surface area contributed by atoms with Crippen LogP contribution in [0, 0.1) is 18.8 Å². The molecule has 2 saturated heterocycles. The first-order chi connectivity index (χ1) is 30.5. The fourth-order valence-corrected chi connectivity index (χ4v) is 7.31. The Morgan fingerprint density at radius 2 is 1.05 bits per heavy atom. The number of ether oxygens (including phenoxy) is 7. The van der Waals surface area contributed by atoms with E-state index < -0.39 is 33.3 Å². The number of likely N-dealkylation sites (tertiary alicyclic amines) is 2. The average molecular weight is 931 g/mol. The molecule has 0 aromatic heterocycles. The predicted octanol–water partition coefficient (Wildman–Crippen LogP) is 8.04. The lowest BCUT2D eigenvalue weighted by atomic mass is 9.98. The van der Waals surface area contributed by atoms with E-state index in [-0.39, 0.29) is 41.1 Å². The number of piperidine rings is 2. The number of benzene rings is 3. The Hall–Kier alpha value is -5.75. The number of esters is 2. The van der Waals surface area contributed by atoms with Crippen molar-refractivity contribution in [2.45, 2.75) is 90.2 Å². The number of methoxy groups -OCH3 is 4. The van der Waals surface area contributed by atoms with Gasteiger partial charge in [0.15, 0.2) is 23.0 Å². The zero-order chi connectivity index (χ0) is 48.5. The van der Waals surface area contributed by atoms with Crippen molar-refractivity contribution in [3.63, 3.8) is 0 Å². The van der Waals surface area contributed by atoms with Crippen molar-refractivity contribution in [2.24, 2.45) is 11.8 Å². The van der Waals surface area contributed by atoms with Gasteiger partial charge in [0.2, 0.25) is 0 Å². The number of phenols is 1. The van der Waals surface area contributed by atoms with E-state index in [4.69, 9.17) is 32.6 Å². The van der Waals surface area contributed by atoms with E-state index >= 15 is 0 Å². The summed E-state index contributed by atoms with van der Waals surface area (Å²) in [5.74, 6) is 0.891. The molecule has 0 atom stereocenters. The third-order valence-electron chi connectivity index (χ3n) is 9.96. The summed E-state index contributed by atoms with van der Waals surface area (Å²) in [5, 5.41) is 9.21. The number of phenolic OH excluding ortho intramolecular Hbond substituents is 1. The molecule has 0 radical (unpaired) electrons. The van der Waals surface area contributed by atoms with Gasteiger partial charge in [-0.25, -0.2) is 19.2 Å². The van der Waals surface area contributed by atoms with Gasteiger partial charge >= 0.3 is 24.1 Å². The molecule has 0 aliphatic carbocycles. The molecule has 2 amide bonds. The number of aryl methyl sites for hydroxylation is 1. The minimum atomic E-state index is -3.74. The van der Waals surface area contributed by atoms with Gasteiger partial charge in [0.1, 0.15) is 11.2 Å². The summed E-state index contributed by atoms with van der Waals surface area (Å²) >= 11 is 0. The zero-order valence-corrected chi connectivity index (χ0v) is 40.3. The van der Waals surface area contributed by atoms with Crippen molar-refractivity contribution in [3.05, 3.63) is 77.4 Å². The van der Waals surface area contributed by atoms with E-state index in [1.54, 1.807) is 52.3 Å². The molecule has 360 valence electrons. The first kappa shape index (κ1) is 53.6. The van der Waals surface area contributed by atoms with Crippen LogP contribution < -0.4 is 14.2 Å². The van der Waals surface area contributed by atoms with Gasteiger partial charge in [-0.15, -0.1) is 0 Å². The molecule has 65 heavy (non-hydrogen) atoms. The van der Waals surface area contributed by atoms with Gasteiger partial charge < -0.3 is 48.1 Å². The highest BCUT2D eigenvalue weighted by atomic mass is 32.2. The van der Waals surface area contributed by atoms with Crippen LogP contribution in [0.1, 0.15) is 93.5 Å². The van der Waals surface area contributed by atoms with Crippen LogP contribution in [-0.4, -0.2) is 126 Å². The maximum Gasteiger partial charge on any atom is 0.410 e. The Balaban J connectivity index is 0.000000274. The Labute approximate surface area is 383 Å². The molecular weight excluding hydrogens is 865 g/mol. The summed E-state index contributed by atoms with van der Waals surface area (Å²) < 4.78 is 65.6. The van der Waals surface area contributed by atoms with Crippen LogP contribution in [0.4, 0.5) is 9.59 Å². The SMILES string of the molecule is COC(=O)c1ccc(O)c(OC)c1.COC(=O)c1ccc(OCC2CCN(C(=O)OC(C)(C)C)CC2)c(OC)c1.Cc1ccc(S(=O)(=O)OCC2CCN(C(=O)OC(C)(C)C)CC2)cc1. The van der Waals surface area contributed by atoms with Gasteiger partial charge in [-0.05, 0) is 135 Å². The molecule has 18 heteroatoms. The number of rotatable bonds is 11. The van der Waals surface area contributed by atoms with Gasteiger partial charge in [-0.1, -0.05) is 17.7 Å². The lowest BCUT2D eigenvalue weighted by molar-refractivity contribution is 0.0156. The second-order valence-electron chi connectivity index (χ2n) is 17.4. The number of carbonyl (C=O) groups is 4. The van der Waals surface area contributed by atoms with Crippen LogP contribution >= 0.6 is 0 Å². The van der Waals surface area contributed by atoms with Crippen LogP contribution in [0.3, 0.4) is 0 Å².